The van der Waals surface area contributed by atoms with Gasteiger partial charge in [0, 0.05) is 22.6 Å². The molecule has 1 aromatic heterocycles. The molecule has 0 aliphatic rings. The van der Waals surface area contributed by atoms with Gasteiger partial charge in [-0.2, -0.15) is 5.10 Å². The van der Waals surface area contributed by atoms with Gasteiger partial charge in [-0.3, -0.25) is 9.59 Å². The van der Waals surface area contributed by atoms with E-state index in [0.717, 1.165) is 17.0 Å². The minimum Gasteiger partial charge on any atom is -0.497 e. The Labute approximate surface area is 212 Å². The third-order valence-corrected chi connectivity index (χ3v) is 6.16. The summed E-state index contributed by atoms with van der Waals surface area (Å²) in [5.74, 6) is 0.688. The van der Waals surface area contributed by atoms with Crippen molar-refractivity contribution in [3.8, 4) is 22.7 Å². The summed E-state index contributed by atoms with van der Waals surface area (Å²) >= 11 is 3.42. The van der Waals surface area contributed by atoms with Gasteiger partial charge in [0.05, 0.1) is 24.1 Å². The average molecular weight is 533 g/mol. The molecule has 2 amide bonds. The van der Waals surface area contributed by atoms with E-state index in [1.165, 1.54) is 4.90 Å². The molecule has 35 heavy (non-hydrogen) atoms. The zero-order valence-electron chi connectivity index (χ0n) is 19.4. The number of carbonyl (C=O) groups is 2. The Bertz CT molecular complexity index is 1320. The first-order valence-electron chi connectivity index (χ1n) is 11.1. The molecule has 7 nitrogen and oxygen atoms in total. The molecule has 0 fully saturated rings. The number of carbonyl (C=O) groups excluding carboxylic acids is 2. The van der Waals surface area contributed by atoms with Crippen LogP contribution in [0.3, 0.4) is 0 Å². The fourth-order valence-electron chi connectivity index (χ4n) is 3.63. The maximum absolute atomic E-state index is 13.1. The number of rotatable bonds is 8. The summed E-state index contributed by atoms with van der Waals surface area (Å²) in [6, 6.07) is 26.1. The number of nitrogens with one attached hydrogen (secondary N) is 1. The molecule has 1 heterocycles. The smallest absolute Gasteiger partial charge is 0.255 e. The Morgan fingerprint density at radius 2 is 1.69 bits per heavy atom. The van der Waals surface area contributed by atoms with Gasteiger partial charge < -0.3 is 15.0 Å². The first kappa shape index (κ1) is 24.2. The van der Waals surface area contributed by atoms with E-state index in [1.807, 2.05) is 73.7 Å². The van der Waals surface area contributed by atoms with Crippen molar-refractivity contribution in [2.75, 3.05) is 25.5 Å². The van der Waals surface area contributed by atoms with Crippen LogP contribution in [0.2, 0.25) is 0 Å². The second kappa shape index (κ2) is 11.0. The Morgan fingerprint density at radius 1 is 1.00 bits per heavy atom. The van der Waals surface area contributed by atoms with Crippen LogP contribution < -0.4 is 10.1 Å². The molecule has 0 spiro atoms. The van der Waals surface area contributed by atoms with Gasteiger partial charge in [0.25, 0.3) is 5.91 Å². The van der Waals surface area contributed by atoms with Crippen molar-refractivity contribution in [3.05, 3.63) is 95.0 Å². The van der Waals surface area contributed by atoms with Gasteiger partial charge in [-0.15, -0.1) is 0 Å². The number of aromatic nitrogens is 2. The number of likely N-dealkylation sites (N-methyl/N-ethyl adjacent to an activating group) is 1. The lowest BCUT2D eigenvalue weighted by atomic mass is 10.1. The highest BCUT2D eigenvalue weighted by atomic mass is 79.9. The fraction of sp³-hybridized carbons (Fsp3) is 0.148. The molecule has 0 atom stereocenters. The van der Waals surface area contributed by atoms with Crippen molar-refractivity contribution in [1.82, 2.24) is 14.7 Å². The highest BCUT2D eigenvalue weighted by molar-refractivity contribution is 9.10. The number of methoxy groups -OCH3 is 1. The number of ether oxygens (including phenoxy) is 1. The van der Waals surface area contributed by atoms with Crippen LogP contribution in [-0.2, 0) is 4.79 Å². The molecule has 0 unspecified atom stereocenters. The predicted molar refractivity (Wildman–Crippen MR) is 140 cm³/mol. The van der Waals surface area contributed by atoms with Gasteiger partial charge in [-0.1, -0.05) is 42.5 Å². The van der Waals surface area contributed by atoms with E-state index in [0.29, 0.717) is 28.1 Å². The molecule has 4 aromatic rings. The molecule has 1 N–H and O–H groups in total. The molecule has 0 aliphatic carbocycles. The number of amides is 2. The first-order chi connectivity index (χ1) is 17.0. The topological polar surface area (TPSA) is 76.5 Å². The van der Waals surface area contributed by atoms with Crippen LogP contribution in [0.4, 0.5) is 5.82 Å². The van der Waals surface area contributed by atoms with Crippen molar-refractivity contribution in [2.45, 2.75) is 6.92 Å². The monoisotopic (exact) mass is 532 g/mol. The minimum absolute atomic E-state index is 0.0921. The summed E-state index contributed by atoms with van der Waals surface area (Å²) in [6.45, 7) is 2.14. The molecular weight excluding hydrogens is 508 g/mol. The first-order valence-corrected chi connectivity index (χ1v) is 11.9. The van der Waals surface area contributed by atoms with Crippen molar-refractivity contribution < 1.29 is 14.3 Å². The van der Waals surface area contributed by atoms with E-state index >= 15 is 0 Å². The quantitative estimate of drug-likeness (QED) is 0.329. The third kappa shape index (κ3) is 5.60. The Kier molecular flexibility index (Phi) is 7.62. The zero-order chi connectivity index (χ0) is 24.8. The fourth-order valence-corrected chi connectivity index (χ4v) is 4.08. The largest absolute Gasteiger partial charge is 0.497 e. The van der Waals surface area contributed by atoms with Crippen LogP contribution in [0, 0.1) is 0 Å². The highest BCUT2D eigenvalue weighted by Crippen LogP contribution is 2.26. The molecule has 0 saturated carbocycles. The number of halogens is 1. The van der Waals surface area contributed by atoms with Gasteiger partial charge in [-0.05, 0) is 59.3 Å². The summed E-state index contributed by atoms with van der Waals surface area (Å²) in [5.41, 5.74) is 2.92. The summed E-state index contributed by atoms with van der Waals surface area (Å²) in [5, 5.41) is 7.67. The maximum Gasteiger partial charge on any atom is 0.255 e. The highest BCUT2D eigenvalue weighted by Gasteiger charge is 2.21. The van der Waals surface area contributed by atoms with Gasteiger partial charge in [0.15, 0.2) is 0 Å². The Morgan fingerprint density at radius 3 is 2.34 bits per heavy atom. The van der Waals surface area contributed by atoms with Gasteiger partial charge in [-0.25, -0.2) is 4.68 Å². The van der Waals surface area contributed by atoms with Gasteiger partial charge in [0.1, 0.15) is 18.1 Å². The third-order valence-electron chi connectivity index (χ3n) is 5.47. The molecule has 178 valence electrons. The lowest BCUT2D eigenvalue weighted by Gasteiger charge is -2.21. The normalized spacial score (nSPS) is 10.6. The summed E-state index contributed by atoms with van der Waals surface area (Å²) < 4.78 is 7.62. The number of hydrogen-bond acceptors (Lipinski definition) is 4. The number of anilines is 1. The van der Waals surface area contributed by atoms with Crippen LogP contribution in [0.1, 0.15) is 17.3 Å². The van der Waals surface area contributed by atoms with Crippen molar-refractivity contribution >= 4 is 33.6 Å². The minimum atomic E-state index is -0.318. The van der Waals surface area contributed by atoms with Crippen molar-refractivity contribution in [2.24, 2.45) is 0 Å². The van der Waals surface area contributed by atoms with E-state index in [1.54, 1.807) is 30.0 Å². The SMILES string of the molecule is CCN(CC(=O)Nc1cc(-c2ccccc2)nn1-c1ccc(OC)cc1)C(=O)c1ccccc1Br. The molecule has 8 heteroatoms. The number of benzene rings is 3. The van der Waals surface area contributed by atoms with Crippen LogP contribution in [0.5, 0.6) is 5.75 Å². The number of nitrogens with zero attached hydrogens (tertiary/aromatic N) is 3. The van der Waals surface area contributed by atoms with E-state index in [2.05, 4.69) is 21.2 Å². The Balaban J connectivity index is 1.60. The van der Waals surface area contributed by atoms with Crippen LogP contribution in [0.25, 0.3) is 16.9 Å². The van der Waals surface area contributed by atoms with E-state index in [4.69, 9.17) is 9.84 Å². The molecule has 0 aliphatic heterocycles. The van der Waals surface area contributed by atoms with E-state index in [9.17, 15) is 9.59 Å². The lowest BCUT2D eigenvalue weighted by Crippen LogP contribution is -2.38. The molecule has 4 rings (SSSR count). The second-order valence-electron chi connectivity index (χ2n) is 7.74. The summed E-state index contributed by atoms with van der Waals surface area (Å²) in [6.07, 6.45) is 0. The van der Waals surface area contributed by atoms with Crippen molar-refractivity contribution in [1.29, 1.82) is 0 Å². The Hall–Kier alpha value is -3.91. The molecular formula is C27H25BrN4O3. The molecule has 0 radical (unpaired) electrons. The van der Waals surface area contributed by atoms with Gasteiger partial charge in [0.2, 0.25) is 5.91 Å². The van der Waals surface area contributed by atoms with Crippen molar-refractivity contribution in [3.63, 3.8) is 0 Å². The van der Waals surface area contributed by atoms with Crippen LogP contribution >= 0.6 is 15.9 Å². The molecule has 0 saturated heterocycles. The second-order valence-corrected chi connectivity index (χ2v) is 8.59. The average Bonchev–Trinajstić information content (AvgIpc) is 3.31. The summed E-state index contributed by atoms with van der Waals surface area (Å²) in [7, 11) is 1.61. The predicted octanol–water partition coefficient (Wildman–Crippen LogP) is 5.41. The number of hydrogen-bond donors (Lipinski definition) is 1. The molecule has 0 bridgehead atoms. The van der Waals surface area contributed by atoms with Crippen LogP contribution in [0.15, 0.2) is 89.4 Å². The van der Waals surface area contributed by atoms with Gasteiger partial charge >= 0.3 is 0 Å². The standard InChI is InChI=1S/C27H25BrN4O3/c1-3-31(27(34)22-11-7-8-12-23(22)28)18-26(33)29-25-17-24(19-9-5-4-6-10-19)30-32(25)20-13-15-21(35-2)16-14-20/h4-17H,3,18H2,1-2H3,(H,29,33). The molecule has 3 aromatic carbocycles. The zero-order valence-corrected chi connectivity index (χ0v) is 21.0. The van der Waals surface area contributed by atoms with Crippen LogP contribution in [-0.4, -0.2) is 46.7 Å². The maximum atomic E-state index is 13.1. The van der Waals surface area contributed by atoms with E-state index in [-0.39, 0.29) is 18.4 Å². The lowest BCUT2D eigenvalue weighted by molar-refractivity contribution is -0.116. The van der Waals surface area contributed by atoms with E-state index < -0.39 is 0 Å². The summed E-state index contributed by atoms with van der Waals surface area (Å²) in [4.78, 5) is 27.6.